The number of benzene rings is 1. The Morgan fingerprint density at radius 3 is 2.80 bits per heavy atom. The van der Waals surface area contributed by atoms with Gasteiger partial charge in [0.2, 0.25) is 0 Å². The Morgan fingerprint density at radius 2 is 2.27 bits per heavy atom. The molecule has 0 aliphatic carbocycles. The van der Waals surface area contributed by atoms with Crippen molar-refractivity contribution in [3.05, 3.63) is 28.8 Å². The second-order valence-corrected chi connectivity index (χ2v) is 3.66. The molecule has 0 aromatic heterocycles. The van der Waals surface area contributed by atoms with Gasteiger partial charge in [-0.1, -0.05) is 11.6 Å². The minimum Gasteiger partial charge on any atom is -0.485 e. The SMILES string of the molecule is O=C(O)c1ccc(Cl)cc1OC1COC1. The summed E-state index contributed by atoms with van der Waals surface area (Å²) in [5, 5.41) is 9.36. The molecule has 1 fully saturated rings. The summed E-state index contributed by atoms with van der Waals surface area (Å²) in [7, 11) is 0. The van der Waals surface area contributed by atoms with E-state index in [9.17, 15) is 4.79 Å². The normalized spacial score (nSPS) is 15.8. The maximum Gasteiger partial charge on any atom is 0.339 e. The molecule has 0 amide bonds. The Morgan fingerprint density at radius 1 is 1.53 bits per heavy atom. The van der Waals surface area contributed by atoms with Gasteiger partial charge in [-0.05, 0) is 18.2 Å². The third kappa shape index (κ3) is 2.22. The van der Waals surface area contributed by atoms with Crippen LogP contribution < -0.4 is 4.74 Å². The molecule has 0 bridgehead atoms. The van der Waals surface area contributed by atoms with Gasteiger partial charge in [0.1, 0.15) is 17.4 Å². The largest absolute Gasteiger partial charge is 0.485 e. The van der Waals surface area contributed by atoms with E-state index in [0.29, 0.717) is 24.0 Å². The number of rotatable bonds is 3. The van der Waals surface area contributed by atoms with Crippen LogP contribution >= 0.6 is 11.6 Å². The number of carboxylic acid groups (broad SMARTS) is 1. The Bertz CT molecular complexity index is 387. The molecule has 1 aromatic carbocycles. The predicted molar refractivity (Wildman–Crippen MR) is 53.6 cm³/mol. The van der Waals surface area contributed by atoms with Crippen LogP contribution in [0.2, 0.25) is 5.02 Å². The maximum atomic E-state index is 10.9. The minimum absolute atomic E-state index is 0.0680. The van der Waals surface area contributed by atoms with E-state index in [0.717, 1.165) is 0 Å². The molecule has 0 atom stereocenters. The highest BCUT2D eigenvalue weighted by Crippen LogP contribution is 2.25. The van der Waals surface area contributed by atoms with Crippen LogP contribution in [0.15, 0.2) is 18.2 Å². The first-order valence-corrected chi connectivity index (χ1v) is 4.82. The number of carboxylic acids is 1. The van der Waals surface area contributed by atoms with E-state index in [-0.39, 0.29) is 11.7 Å². The quantitative estimate of drug-likeness (QED) is 0.857. The molecular weight excluding hydrogens is 220 g/mol. The molecule has 5 heteroatoms. The lowest BCUT2D eigenvalue weighted by atomic mass is 10.2. The molecule has 1 aromatic rings. The zero-order chi connectivity index (χ0) is 10.8. The highest BCUT2D eigenvalue weighted by molar-refractivity contribution is 6.30. The van der Waals surface area contributed by atoms with Gasteiger partial charge < -0.3 is 14.6 Å². The lowest BCUT2D eigenvalue weighted by Gasteiger charge is -2.27. The second-order valence-electron chi connectivity index (χ2n) is 3.22. The van der Waals surface area contributed by atoms with Crippen LogP contribution in [0.25, 0.3) is 0 Å². The van der Waals surface area contributed by atoms with Gasteiger partial charge in [-0.2, -0.15) is 0 Å². The van der Waals surface area contributed by atoms with E-state index in [1.54, 1.807) is 0 Å². The highest BCUT2D eigenvalue weighted by atomic mass is 35.5. The highest BCUT2D eigenvalue weighted by Gasteiger charge is 2.22. The molecule has 0 spiro atoms. The van der Waals surface area contributed by atoms with Gasteiger partial charge in [0.25, 0.3) is 0 Å². The Hall–Kier alpha value is -1.26. The smallest absolute Gasteiger partial charge is 0.339 e. The molecule has 1 N–H and O–H groups in total. The van der Waals surface area contributed by atoms with Gasteiger partial charge in [-0.15, -0.1) is 0 Å². The van der Waals surface area contributed by atoms with Gasteiger partial charge in [0.05, 0.1) is 13.2 Å². The summed E-state index contributed by atoms with van der Waals surface area (Å²) in [4.78, 5) is 10.9. The van der Waals surface area contributed by atoms with Crippen LogP contribution in [-0.4, -0.2) is 30.4 Å². The van der Waals surface area contributed by atoms with Crippen LogP contribution in [0.5, 0.6) is 5.75 Å². The van der Waals surface area contributed by atoms with Crippen molar-refractivity contribution in [3.8, 4) is 5.75 Å². The molecule has 0 unspecified atom stereocenters. The first-order valence-electron chi connectivity index (χ1n) is 4.44. The molecule has 80 valence electrons. The fourth-order valence-electron chi connectivity index (χ4n) is 1.23. The first kappa shape index (κ1) is 10.3. The zero-order valence-corrected chi connectivity index (χ0v) is 8.53. The minimum atomic E-state index is -1.03. The average Bonchev–Trinajstić information content (AvgIpc) is 2.11. The second kappa shape index (κ2) is 4.08. The van der Waals surface area contributed by atoms with Gasteiger partial charge >= 0.3 is 5.97 Å². The Balaban J connectivity index is 2.24. The Labute approximate surface area is 91.4 Å². The molecule has 1 aliphatic heterocycles. The number of carbonyl (C=O) groups is 1. The number of aromatic carboxylic acids is 1. The fraction of sp³-hybridized carbons (Fsp3) is 0.300. The van der Waals surface area contributed by atoms with Crippen LogP contribution in [0.3, 0.4) is 0 Å². The van der Waals surface area contributed by atoms with Crippen molar-refractivity contribution in [1.82, 2.24) is 0 Å². The molecule has 2 rings (SSSR count). The average molecular weight is 229 g/mol. The summed E-state index contributed by atoms with van der Waals surface area (Å²) in [6, 6.07) is 4.46. The number of halogens is 1. The monoisotopic (exact) mass is 228 g/mol. The van der Waals surface area contributed by atoms with Gasteiger partial charge in [0.15, 0.2) is 0 Å². The van der Waals surface area contributed by atoms with E-state index in [1.165, 1.54) is 18.2 Å². The van der Waals surface area contributed by atoms with Crippen LogP contribution in [0.1, 0.15) is 10.4 Å². The number of ether oxygens (including phenoxy) is 2. The van der Waals surface area contributed by atoms with Crippen molar-refractivity contribution in [3.63, 3.8) is 0 Å². The van der Waals surface area contributed by atoms with Crippen LogP contribution in [0.4, 0.5) is 0 Å². The van der Waals surface area contributed by atoms with E-state index < -0.39 is 5.97 Å². The number of hydrogen-bond acceptors (Lipinski definition) is 3. The summed E-state index contributed by atoms with van der Waals surface area (Å²) in [6.45, 7) is 0.983. The van der Waals surface area contributed by atoms with Gasteiger partial charge in [-0.3, -0.25) is 0 Å². The predicted octanol–water partition coefficient (Wildman–Crippen LogP) is 1.82. The van der Waals surface area contributed by atoms with Gasteiger partial charge in [-0.25, -0.2) is 4.79 Å². The standard InChI is InChI=1S/C10H9ClO4/c11-6-1-2-8(10(12)13)9(3-6)15-7-4-14-5-7/h1-3,7H,4-5H2,(H,12,13). The summed E-state index contributed by atoms with van der Waals surface area (Å²) in [5.74, 6) is -0.731. The third-order valence-corrected chi connectivity index (χ3v) is 2.31. The third-order valence-electron chi connectivity index (χ3n) is 2.08. The Kier molecular flexibility index (Phi) is 2.79. The molecule has 4 nitrogen and oxygen atoms in total. The molecule has 1 heterocycles. The van der Waals surface area contributed by atoms with Crippen molar-refractivity contribution in [2.45, 2.75) is 6.10 Å². The van der Waals surface area contributed by atoms with E-state index in [2.05, 4.69) is 0 Å². The molecule has 15 heavy (non-hydrogen) atoms. The lowest BCUT2D eigenvalue weighted by Crippen LogP contribution is -2.38. The summed E-state index contributed by atoms with van der Waals surface area (Å²) in [6.07, 6.45) is -0.0680. The molecule has 1 saturated heterocycles. The van der Waals surface area contributed by atoms with Crippen molar-refractivity contribution in [1.29, 1.82) is 0 Å². The van der Waals surface area contributed by atoms with Crippen molar-refractivity contribution in [2.24, 2.45) is 0 Å². The van der Waals surface area contributed by atoms with Crippen LogP contribution in [0, 0.1) is 0 Å². The fourth-order valence-corrected chi connectivity index (χ4v) is 1.39. The number of hydrogen-bond donors (Lipinski definition) is 1. The summed E-state index contributed by atoms with van der Waals surface area (Å²) >= 11 is 5.76. The molecule has 0 saturated carbocycles. The molecule has 0 radical (unpaired) electrons. The topological polar surface area (TPSA) is 55.8 Å². The first-order chi connectivity index (χ1) is 7.16. The van der Waals surface area contributed by atoms with E-state index in [4.69, 9.17) is 26.2 Å². The zero-order valence-electron chi connectivity index (χ0n) is 7.77. The van der Waals surface area contributed by atoms with Crippen molar-refractivity contribution in [2.75, 3.05) is 13.2 Å². The van der Waals surface area contributed by atoms with Crippen LogP contribution in [-0.2, 0) is 4.74 Å². The summed E-state index contributed by atoms with van der Waals surface area (Å²) in [5.41, 5.74) is 0.117. The summed E-state index contributed by atoms with van der Waals surface area (Å²) < 4.78 is 10.4. The maximum absolute atomic E-state index is 10.9. The van der Waals surface area contributed by atoms with E-state index >= 15 is 0 Å². The molecular formula is C10H9ClO4. The molecule has 1 aliphatic rings. The van der Waals surface area contributed by atoms with Crippen molar-refractivity contribution >= 4 is 17.6 Å². The van der Waals surface area contributed by atoms with E-state index in [1.807, 2.05) is 0 Å². The van der Waals surface area contributed by atoms with Gasteiger partial charge in [0, 0.05) is 5.02 Å². The lowest BCUT2D eigenvalue weighted by molar-refractivity contribution is -0.0799. The van der Waals surface area contributed by atoms with Crippen molar-refractivity contribution < 1.29 is 19.4 Å².